The van der Waals surface area contributed by atoms with Gasteiger partial charge in [-0.05, 0) is 47.9 Å². The summed E-state index contributed by atoms with van der Waals surface area (Å²) in [7, 11) is 0. The molecule has 0 saturated carbocycles. The van der Waals surface area contributed by atoms with Gasteiger partial charge in [0.1, 0.15) is 24.0 Å². The Balaban J connectivity index is 1.44. The van der Waals surface area contributed by atoms with Crippen LogP contribution in [0.1, 0.15) is 16.7 Å². The molecule has 0 radical (unpaired) electrons. The standard InChI is InChI=1S/C27H22BrN3O2/c28-23-10-11-26(33-18-19-6-2-1-3-7-19)21(15-23)14-22(16-29)27(32)30-13-12-20-17-31-25-9-5-4-8-24(20)25/h1-11,14-15,17,31H,12-13,18H2,(H,30,32)/b22-14-. The van der Waals surface area contributed by atoms with Gasteiger partial charge in [-0.3, -0.25) is 4.79 Å². The Morgan fingerprint density at radius 3 is 2.70 bits per heavy atom. The molecule has 1 heterocycles. The zero-order valence-electron chi connectivity index (χ0n) is 17.8. The van der Waals surface area contributed by atoms with Gasteiger partial charge in [-0.2, -0.15) is 5.26 Å². The van der Waals surface area contributed by atoms with Crippen LogP contribution in [0.25, 0.3) is 17.0 Å². The molecule has 0 saturated heterocycles. The minimum Gasteiger partial charge on any atom is -0.488 e. The van der Waals surface area contributed by atoms with E-state index in [9.17, 15) is 10.1 Å². The number of carbonyl (C=O) groups excluding carboxylic acids is 1. The maximum Gasteiger partial charge on any atom is 0.261 e. The number of rotatable bonds is 8. The number of carbonyl (C=O) groups is 1. The van der Waals surface area contributed by atoms with Crippen LogP contribution in [0.2, 0.25) is 0 Å². The zero-order valence-corrected chi connectivity index (χ0v) is 19.4. The van der Waals surface area contributed by atoms with Gasteiger partial charge in [0.25, 0.3) is 5.91 Å². The van der Waals surface area contributed by atoms with Crippen LogP contribution in [-0.4, -0.2) is 17.4 Å². The third-order valence-corrected chi connectivity index (χ3v) is 5.72. The minimum atomic E-state index is -0.411. The maximum absolute atomic E-state index is 12.7. The second kappa shape index (κ2) is 10.7. The summed E-state index contributed by atoms with van der Waals surface area (Å²) >= 11 is 3.45. The number of aromatic nitrogens is 1. The summed E-state index contributed by atoms with van der Waals surface area (Å²) in [5.74, 6) is 0.188. The first-order valence-corrected chi connectivity index (χ1v) is 11.3. The first-order chi connectivity index (χ1) is 16.1. The molecule has 0 atom stereocenters. The average molecular weight is 500 g/mol. The molecule has 5 nitrogen and oxygen atoms in total. The molecule has 164 valence electrons. The molecule has 0 aliphatic rings. The van der Waals surface area contributed by atoms with Crippen LogP contribution in [0.4, 0.5) is 0 Å². The number of nitrogens with one attached hydrogen (secondary N) is 2. The number of halogens is 1. The Morgan fingerprint density at radius 2 is 1.88 bits per heavy atom. The molecule has 0 aliphatic heterocycles. The van der Waals surface area contributed by atoms with E-state index >= 15 is 0 Å². The number of benzene rings is 3. The van der Waals surface area contributed by atoms with Crippen LogP contribution in [0.3, 0.4) is 0 Å². The number of fused-ring (bicyclic) bond motifs is 1. The molecule has 0 spiro atoms. The molecular weight excluding hydrogens is 478 g/mol. The van der Waals surface area contributed by atoms with E-state index in [1.165, 1.54) is 0 Å². The van der Waals surface area contributed by atoms with Crippen LogP contribution in [0.5, 0.6) is 5.75 Å². The van der Waals surface area contributed by atoms with Crippen molar-refractivity contribution in [3.63, 3.8) is 0 Å². The molecule has 0 aliphatic carbocycles. The number of nitriles is 1. The Hall–Kier alpha value is -3.82. The predicted octanol–water partition coefficient (Wildman–Crippen LogP) is 5.78. The van der Waals surface area contributed by atoms with Gasteiger partial charge in [0.15, 0.2) is 0 Å². The van der Waals surface area contributed by atoms with Crippen molar-refractivity contribution in [2.24, 2.45) is 0 Å². The van der Waals surface area contributed by atoms with Gasteiger partial charge in [-0.25, -0.2) is 0 Å². The highest BCUT2D eigenvalue weighted by Gasteiger charge is 2.12. The Morgan fingerprint density at radius 1 is 1.09 bits per heavy atom. The van der Waals surface area contributed by atoms with Gasteiger partial charge in [-0.1, -0.05) is 64.5 Å². The van der Waals surface area contributed by atoms with E-state index in [1.807, 2.05) is 85.1 Å². The van der Waals surface area contributed by atoms with E-state index in [4.69, 9.17) is 4.74 Å². The van der Waals surface area contributed by atoms with E-state index in [-0.39, 0.29) is 5.57 Å². The number of H-pyrrole nitrogens is 1. The predicted molar refractivity (Wildman–Crippen MR) is 134 cm³/mol. The number of hydrogen-bond donors (Lipinski definition) is 2. The summed E-state index contributed by atoms with van der Waals surface area (Å²) in [6.45, 7) is 0.817. The van der Waals surface area contributed by atoms with Crippen molar-refractivity contribution < 1.29 is 9.53 Å². The Kier molecular flexibility index (Phi) is 7.23. The van der Waals surface area contributed by atoms with Crippen LogP contribution in [-0.2, 0) is 17.8 Å². The first kappa shape index (κ1) is 22.4. The second-order valence-corrected chi connectivity index (χ2v) is 8.41. The summed E-state index contributed by atoms with van der Waals surface area (Å²) in [6.07, 6.45) is 4.18. The molecule has 0 bridgehead atoms. The molecule has 3 aromatic carbocycles. The monoisotopic (exact) mass is 499 g/mol. The number of hydrogen-bond acceptors (Lipinski definition) is 3. The topological polar surface area (TPSA) is 77.9 Å². The molecule has 4 rings (SSSR count). The lowest BCUT2D eigenvalue weighted by Crippen LogP contribution is -2.26. The largest absolute Gasteiger partial charge is 0.488 e. The minimum absolute atomic E-state index is 0.0246. The number of aromatic amines is 1. The maximum atomic E-state index is 12.7. The summed E-state index contributed by atoms with van der Waals surface area (Å²) in [5, 5.41) is 13.6. The lowest BCUT2D eigenvalue weighted by atomic mass is 10.1. The molecule has 2 N–H and O–H groups in total. The van der Waals surface area contributed by atoms with Crippen molar-refractivity contribution in [3.05, 3.63) is 106 Å². The van der Waals surface area contributed by atoms with E-state index in [1.54, 1.807) is 6.08 Å². The quantitative estimate of drug-likeness (QED) is 0.238. The van der Waals surface area contributed by atoms with Gasteiger partial charge in [0.2, 0.25) is 0 Å². The molecule has 33 heavy (non-hydrogen) atoms. The highest BCUT2D eigenvalue weighted by Crippen LogP contribution is 2.26. The summed E-state index contributed by atoms with van der Waals surface area (Å²) in [5.41, 5.74) is 3.90. The van der Waals surface area contributed by atoms with Crippen molar-refractivity contribution >= 4 is 38.8 Å². The fourth-order valence-corrected chi connectivity index (χ4v) is 3.93. The third-order valence-electron chi connectivity index (χ3n) is 5.23. The zero-order chi connectivity index (χ0) is 23.0. The van der Waals surface area contributed by atoms with Crippen molar-refractivity contribution in [1.82, 2.24) is 10.3 Å². The third kappa shape index (κ3) is 5.71. The highest BCUT2D eigenvalue weighted by molar-refractivity contribution is 9.10. The van der Waals surface area contributed by atoms with Gasteiger partial charge in [-0.15, -0.1) is 0 Å². The molecule has 4 aromatic rings. The summed E-state index contributed by atoms with van der Waals surface area (Å²) in [4.78, 5) is 15.9. The smallest absolute Gasteiger partial charge is 0.261 e. The molecule has 6 heteroatoms. The fraction of sp³-hybridized carbons (Fsp3) is 0.111. The average Bonchev–Trinajstić information content (AvgIpc) is 3.25. The van der Waals surface area contributed by atoms with Crippen LogP contribution < -0.4 is 10.1 Å². The molecule has 0 unspecified atom stereocenters. The van der Waals surface area contributed by atoms with Gasteiger partial charge in [0.05, 0.1) is 0 Å². The van der Waals surface area contributed by atoms with Crippen molar-refractivity contribution in [1.29, 1.82) is 5.26 Å². The SMILES string of the molecule is N#C/C(=C/c1cc(Br)ccc1OCc1ccccc1)C(=O)NCCc1c[nH]c2ccccc12. The van der Waals surface area contributed by atoms with E-state index < -0.39 is 5.91 Å². The van der Waals surface area contributed by atoms with Crippen LogP contribution in [0.15, 0.2) is 89.0 Å². The highest BCUT2D eigenvalue weighted by atomic mass is 79.9. The van der Waals surface area contributed by atoms with Crippen LogP contribution >= 0.6 is 15.9 Å². The van der Waals surface area contributed by atoms with E-state index in [0.717, 1.165) is 26.5 Å². The molecule has 0 fully saturated rings. The fourth-order valence-electron chi connectivity index (χ4n) is 3.55. The van der Waals surface area contributed by atoms with E-state index in [2.05, 4.69) is 26.2 Å². The van der Waals surface area contributed by atoms with Crippen molar-refractivity contribution in [2.45, 2.75) is 13.0 Å². The summed E-state index contributed by atoms with van der Waals surface area (Å²) < 4.78 is 6.80. The summed E-state index contributed by atoms with van der Waals surface area (Å²) in [6, 6.07) is 25.4. The molecule has 1 aromatic heterocycles. The van der Waals surface area contributed by atoms with Crippen molar-refractivity contribution in [2.75, 3.05) is 6.54 Å². The van der Waals surface area contributed by atoms with Crippen molar-refractivity contribution in [3.8, 4) is 11.8 Å². The Labute approximate surface area is 200 Å². The number of ether oxygens (including phenoxy) is 1. The normalized spacial score (nSPS) is 11.2. The second-order valence-electron chi connectivity index (χ2n) is 7.49. The van der Waals surface area contributed by atoms with Crippen LogP contribution in [0, 0.1) is 11.3 Å². The first-order valence-electron chi connectivity index (χ1n) is 10.6. The number of amides is 1. The number of para-hydroxylation sites is 1. The number of nitrogens with zero attached hydrogens (tertiary/aromatic N) is 1. The lowest BCUT2D eigenvalue weighted by Gasteiger charge is -2.11. The Bertz CT molecular complexity index is 1340. The van der Waals surface area contributed by atoms with Gasteiger partial charge in [0, 0.05) is 33.7 Å². The van der Waals surface area contributed by atoms with Gasteiger partial charge < -0.3 is 15.0 Å². The van der Waals surface area contributed by atoms with Gasteiger partial charge >= 0.3 is 0 Å². The molecular formula is C27H22BrN3O2. The molecule has 1 amide bonds. The van der Waals surface area contributed by atoms with E-state index in [0.29, 0.717) is 30.9 Å². The lowest BCUT2D eigenvalue weighted by molar-refractivity contribution is -0.117.